The van der Waals surface area contributed by atoms with Gasteiger partial charge >= 0.3 is 11.6 Å². The number of ether oxygens (including phenoxy) is 1. The standard InChI is InChI=1S/C21H16N6O4S/c1-13(28)16-3-2-4-17(9-16)31-21-19(27(29)30)20(23-12-24-21)22-10-14-5-7-15(8-6-14)18-11-32-26-25-18/h2-9,11-12H,10H2,1H3,(H,22,23,24). The highest BCUT2D eigenvalue weighted by Gasteiger charge is 2.25. The van der Waals surface area contributed by atoms with Crippen molar-refractivity contribution in [2.75, 3.05) is 5.32 Å². The van der Waals surface area contributed by atoms with Gasteiger partial charge in [-0.15, -0.1) is 5.10 Å². The Morgan fingerprint density at radius 3 is 2.69 bits per heavy atom. The fourth-order valence-electron chi connectivity index (χ4n) is 2.89. The number of hydrogen-bond acceptors (Lipinski definition) is 10. The lowest BCUT2D eigenvalue weighted by atomic mass is 10.1. The molecule has 0 bridgehead atoms. The fraction of sp³-hybridized carbons (Fsp3) is 0.0952. The zero-order valence-corrected chi connectivity index (χ0v) is 17.6. The lowest BCUT2D eigenvalue weighted by Crippen LogP contribution is -2.07. The van der Waals surface area contributed by atoms with Gasteiger partial charge in [-0.25, -0.2) is 4.98 Å². The smallest absolute Gasteiger partial charge is 0.373 e. The molecule has 0 amide bonds. The van der Waals surface area contributed by atoms with Gasteiger partial charge in [-0.3, -0.25) is 14.9 Å². The summed E-state index contributed by atoms with van der Waals surface area (Å²) < 4.78 is 9.46. The molecule has 2 heterocycles. The minimum atomic E-state index is -0.606. The van der Waals surface area contributed by atoms with Crippen molar-refractivity contribution in [2.45, 2.75) is 13.5 Å². The maximum atomic E-state index is 11.7. The molecule has 2 aromatic carbocycles. The van der Waals surface area contributed by atoms with Gasteiger partial charge in [-0.1, -0.05) is 40.9 Å². The minimum Gasteiger partial charge on any atom is -0.434 e. The van der Waals surface area contributed by atoms with E-state index in [1.54, 1.807) is 18.2 Å². The number of anilines is 1. The molecule has 10 nitrogen and oxygen atoms in total. The Morgan fingerprint density at radius 2 is 2.00 bits per heavy atom. The van der Waals surface area contributed by atoms with Gasteiger partial charge in [0.1, 0.15) is 17.8 Å². The Labute approximate surface area is 186 Å². The van der Waals surface area contributed by atoms with Gasteiger partial charge in [0, 0.05) is 23.1 Å². The zero-order chi connectivity index (χ0) is 22.5. The number of hydrogen-bond donors (Lipinski definition) is 1. The second-order valence-corrected chi connectivity index (χ2v) is 7.27. The van der Waals surface area contributed by atoms with Crippen LogP contribution in [-0.2, 0) is 6.54 Å². The van der Waals surface area contributed by atoms with Crippen LogP contribution in [0.1, 0.15) is 22.8 Å². The van der Waals surface area contributed by atoms with Crippen LogP contribution in [0.3, 0.4) is 0 Å². The summed E-state index contributed by atoms with van der Waals surface area (Å²) in [5, 5.41) is 20.6. The van der Waals surface area contributed by atoms with E-state index >= 15 is 0 Å². The Balaban J connectivity index is 1.53. The minimum absolute atomic E-state index is 0.0236. The summed E-state index contributed by atoms with van der Waals surface area (Å²) in [7, 11) is 0. The Kier molecular flexibility index (Phi) is 6.08. The molecule has 0 atom stereocenters. The number of nitrogens with zero attached hydrogens (tertiary/aromatic N) is 5. The molecule has 0 aliphatic rings. The van der Waals surface area contributed by atoms with Crippen molar-refractivity contribution in [2.24, 2.45) is 0 Å². The van der Waals surface area contributed by atoms with Crippen molar-refractivity contribution >= 4 is 28.8 Å². The molecule has 0 aliphatic carbocycles. The second-order valence-electron chi connectivity index (χ2n) is 6.66. The summed E-state index contributed by atoms with van der Waals surface area (Å²) in [6.07, 6.45) is 1.18. The van der Waals surface area contributed by atoms with Crippen LogP contribution in [0.25, 0.3) is 11.3 Å². The average molecular weight is 448 g/mol. The molecule has 0 unspecified atom stereocenters. The number of ketones is 1. The fourth-order valence-corrected chi connectivity index (χ4v) is 3.36. The predicted octanol–water partition coefficient (Wildman–Crippen LogP) is 4.51. The van der Waals surface area contributed by atoms with Crippen molar-refractivity contribution in [3.63, 3.8) is 0 Å². The van der Waals surface area contributed by atoms with Gasteiger partial charge in [0.2, 0.25) is 5.82 Å². The average Bonchev–Trinajstić information content (AvgIpc) is 3.33. The van der Waals surface area contributed by atoms with E-state index in [4.69, 9.17) is 4.74 Å². The first-order valence-electron chi connectivity index (χ1n) is 9.40. The molecule has 32 heavy (non-hydrogen) atoms. The Bertz CT molecular complexity index is 1260. The first-order valence-corrected chi connectivity index (χ1v) is 10.2. The van der Waals surface area contributed by atoms with Crippen LogP contribution >= 0.6 is 11.5 Å². The van der Waals surface area contributed by atoms with Crippen LogP contribution in [-0.4, -0.2) is 30.3 Å². The maximum Gasteiger partial charge on any atom is 0.373 e. The van der Waals surface area contributed by atoms with Crippen LogP contribution in [0.15, 0.2) is 60.2 Å². The van der Waals surface area contributed by atoms with Crippen LogP contribution in [0.2, 0.25) is 0 Å². The van der Waals surface area contributed by atoms with Crippen LogP contribution in [0, 0.1) is 10.1 Å². The lowest BCUT2D eigenvalue weighted by molar-refractivity contribution is -0.385. The third-order valence-electron chi connectivity index (χ3n) is 4.50. The molecule has 160 valence electrons. The first kappa shape index (κ1) is 21.0. The van der Waals surface area contributed by atoms with Gasteiger partial charge < -0.3 is 10.1 Å². The highest BCUT2D eigenvalue weighted by atomic mass is 32.1. The molecular formula is C21H16N6O4S. The number of benzene rings is 2. The molecule has 11 heteroatoms. The Morgan fingerprint density at radius 1 is 1.19 bits per heavy atom. The number of Topliss-reactive ketones (excluding diaryl/α,β-unsaturated/α-hetero) is 1. The number of carbonyl (C=O) groups excluding carboxylic acids is 1. The zero-order valence-electron chi connectivity index (χ0n) is 16.8. The van der Waals surface area contributed by atoms with E-state index in [1.165, 1.54) is 30.8 Å². The molecule has 0 aliphatic heterocycles. The summed E-state index contributed by atoms with van der Waals surface area (Å²) in [6, 6.07) is 13.9. The first-order chi connectivity index (χ1) is 15.5. The third kappa shape index (κ3) is 4.73. The van der Waals surface area contributed by atoms with Gasteiger partial charge in [-0.2, -0.15) is 4.98 Å². The number of nitrogens with one attached hydrogen (secondary N) is 1. The van der Waals surface area contributed by atoms with Crippen molar-refractivity contribution in [1.29, 1.82) is 0 Å². The third-order valence-corrected chi connectivity index (χ3v) is 5.00. The van der Waals surface area contributed by atoms with Gasteiger partial charge in [0.05, 0.1) is 4.92 Å². The van der Waals surface area contributed by atoms with E-state index in [-0.39, 0.29) is 23.2 Å². The van der Waals surface area contributed by atoms with Gasteiger partial charge in [0.25, 0.3) is 0 Å². The van der Waals surface area contributed by atoms with E-state index in [9.17, 15) is 14.9 Å². The molecule has 0 radical (unpaired) electrons. The van der Waals surface area contributed by atoms with Crippen LogP contribution in [0.5, 0.6) is 11.6 Å². The van der Waals surface area contributed by atoms with E-state index in [0.717, 1.165) is 16.8 Å². The molecule has 0 saturated carbocycles. The summed E-state index contributed by atoms with van der Waals surface area (Å²) in [6.45, 7) is 1.72. The molecule has 0 spiro atoms. The summed E-state index contributed by atoms with van der Waals surface area (Å²) in [5.41, 5.74) is 2.64. The van der Waals surface area contributed by atoms with E-state index < -0.39 is 10.6 Å². The quantitative estimate of drug-likeness (QED) is 0.235. The number of carbonyl (C=O) groups is 1. The van der Waals surface area contributed by atoms with E-state index in [2.05, 4.69) is 24.9 Å². The Hall–Kier alpha value is -4.25. The normalized spacial score (nSPS) is 10.5. The SMILES string of the molecule is CC(=O)c1cccc(Oc2ncnc(NCc3ccc(-c4csnn4)cc3)c2[N+](=O)[O-])c1. The molecule has 4 rings (SSSR count). The molecular weight excluding hydrogens is 432 g/mol. The van der Waals surface area contributed by atoms with Crippen LogP contribution in [0.4, 0.5) is 11.5 Å². The van der Waals surface area contributed by atoms with E-state index in [0.29, 0.717) is 12.1 Å². The topological polar surface area (TPSA) is 133 Å². The van der Waals surface area contributed by atoms with Crippen molar-refractivity contribution in [3.05, 3.63) is 81.5 Å². The number of rotatable bonds is 8. The molecule has 0 fully saturated rings. The molecule has 1 N–H and O–H groups in total. The number of nitro groups is 1. The maximum absolute atomic E-state index is 11.7. The summed E-state index contributed by atoms with van der Waals surface area (Å²) >= 11 is 1.27. The van der Waals surface area contributed by atoms with Gasteiger partial charge in [0.15, 0.2) is 5.78 Å². The van der Waals surface area contributed by atoms with E-state index in [1.807, 2.05) is 29.6 Å². The lowest BCUT2D eigenvalue weighted by Gasteiger charge is -2.10. The van der Waals surface area contributed by atoms with Crippen molar-refractivity contribution in [3.8, 4) is 22.9 Å². The van der Waals surface area contributed by atoms with Crippen LogP contribution < -0.4 is 10.1 Å². The summed E-state index contributed by atoms with van der Waals surface area (Å²) in [5.74, 6) is -0.0836. The van der Waals surface area contributed by atoms with Crippen molar-refractivity contribution in [1.82, 2.24) is 19.6 Å². The number of aromatic nitrogens is 4. The second kappa shape index (κ2) is 9.27. The molecule has 0 saturated heterocycles. The predicted molar refractivity (Wildman–Crippen MR) is 118 cm³/mol. The highest BCUT2D eigenvalue weighted by molar-refractivity contribution is 7.03. The monoisotopic (exact) mass is 448 g/mol. The largest absolute Gasteiger partial charge is 0.434 e. The molecule has 4 aromatic rings. The highest BCUT2D eigenvalue weighted by Crippen LogP contribution is 2.34. The molecule has 2 aromatic heterocycles. The van der Waals surface area contributed by atoms with Crippen molar-refractivity contribution < 1.29 is 14.5 Å². The summed E-state index contributed by atoms with van der Waals surface area (Å²) in [4.78, 5) is 30.6. The van der Waals surface area contributed by atoms with Gasteiger partial charge in [-0.05, 0) is 36.2 Å².